The van der Waals surface area contributed by atoms with Crippen LogP contribution in [0.25, 0.3) is 0 Å². The normalized spacial score (nSPS) is 14.1. The van der Waals surface area contributed by atoms with Crippen LogP contribution in [0.1, 0.15) is 31.1 Å². The number of ether oxygens (including phenoxy) is 1. The van der Waals surface area contributed by atoms with Crippen molar-refractivity contribution < 1.29 is 9.84 Å². The average Bonchev–Trinajstić information content (AvgIpc) is 2.44. The summed E-state index contributed by atoms with van der Waals surface area (Å²) in [5.41, 5.74) is 1.44. The molecule has 0 aliphatic carbocycles. The van der Waals surface area contributed by atoms with E-state index in [0.717, 1.165) is 12.1 Å². The van der Waals surface area contributed by atoms with Crippen LogP contribution in [0.4, 0.5) is 0 Å². The molecule has 0 saturated heterocycles. The largest absolute Gasteiger partial charge is 0.387 e. The molecule has 2 unspecified atom stereocenters. The smallest absolute Gasteiger partial charge is 0.0991 e. The molecule has 4 nitrogen and oxygen atoms in total. The quantitative estimate of drug-likeness (QED) is 0.816. The molecule has 1 rings (SSSR count). The van der Waals surface area contributed by atoms with Gasteiger partial charge in [0.15, 0.2) is 0 Å². The predicted molar refractivity (Wildman–Crippen MR) is 74.7 cm³/mol. The summed E-state index contributed by atoms with van der Waals surface area (Å²) in [6, 6.07) is 9.40. The van der Waals surface area contributed by atoms with Gasteiger partial charge in [0.25, 0.3) is 0 Å². The van der Waals surface area contributed by atoms with E-state index in [0.29, 0.717) is 18.7 Å². The number of aliphatic hydroxyl groups is 1. The highest BCUT2D eigenvalue weighted by Gasteiger charge is 2.17. The van der Waals surface area contributed by atoms with Crippen LogP contribution in [-0.2, 0) is 4.74 Å². The zero-order chi connectivity index (χ0) is 14.3. The molecule has 0 radical (unpaired) electrons. The third-order valence-electron chi connectivity index (χ3n) is 3.27. The fourth-order valence-corrected chi connectivity index (χ4v) is 2.07. The molecule has 0 amide bonds. The van der Waals surface area contributed by atoms with Crippen LogP contribution in [0.5, 0.6) is 0 Å². The molecule has 0 aliphatic rings. The zero-order valence-corrected chi connectivity index (χ0v) is 11.8. The van der Waals surface area contributed by atoms with Gasteiger partial charge >= 0.3 is 0 Å². The molecule has 0 heterocycles. The number of hydrogen-bond acceptors (Lipinski definition) is 4. The number of hydrogen-bond donors (Lipinski definition) is 1. The van der Waals surface area contributed by atoms with Crippen LogP contribution in [0.3, 0.4) is 0 Å². The van der Waals surface area contributed by atoms with Gasteiger partial charge in [-0.15, -0.1) is 0 Å². The van der Waals surface area contributed by atoms with E-state index in [-0.39, 0.29) is 6.04 Å². The number of methoxy groups -OCH3 is 1. The Morgan fingerprint density at radius 1 is 1.37 bits per heavy atom. The maximum Gasteiger partial charge on any atom is 0.0991 e. The summed E-state index contributed by atoms with van der Waals surface area (Å²) in [7, 11) is 1.68. The van der Waals surface area contributed by atoms with Crippen LogP contribution < -0.4 is 0 Å². The van der Waals surface area contributed by atoms with Crippen molar-refractivity contribution >= 4 is 0 Å². The molecule has 19 heavy (non-hydrogen) atoms. The fourth-order valence-electron chi connectivity index (χ4n) is 2.07. The lowest BCUT2D eigenvalue weighted by Crippen LogP contribution is -2.38. The number of nitriles is 1. The lowest BCUT2D eigenvalue weighted by molar-refractivity contribution is 0.0582. The molecule has 1 aromatic rings. The van der Waals surface area contributed by atoms with Crippen molar-refractivity contribution in [1.29, 1.82) is 5.26 Å². The molecule has 0 aromatic heterocycles. The molecule has 104 valence electrons. The Kier molecular flexibility index (Phi) is 6.51. The van der Waals surface area contributed by atoms with Gasteiger partial charge in [-0.3, -0.25) is 4.90 Å². The van der Waals surface area contributed by atoms with Crippen LogP contribution >= 0.6 is 0 Å². The summed E-state index contributed by atoms with van der Waals surface area (Å²) < 4.78 is 5.14. The van der Waals surface area contributed by atoms with Crippen molar-refractivity contribution in [1.82, 2.24) is 4.90 Å². The molecule has 0 fully saturated rings. The summed E-state index contributed by atoms with van der Waals surface area (Å²) in [6.07, 6.45) is -0.549. The van der Waals surface area contributed by atoms with Crippen LogP contribution in [0.15, 0.2) is 24.3 Å². The Labute approximate surface area is 115 Å². The summed E-state index contributed by atoms with van der Waals surface area (Å²) in [4.78, 5) is 2.17. The fraction of sp³-hybridized carbons (Fsp3) is 0.533. The summed E-state index contributed by atoms with van der Waals surface area (Å²) in [5, 5.41) is 19.0. The van der Waals surface area contributed by atoms with Gasteiger partial charge in [0.05, 0.1) is 24.3 Å². The maximum absolute atomic E-state index is 10.2. The van der Waals surface area contributed by atoms with E-state index >= 15 is 0 Å². The lowest BCUT2D eigenvalue weighted by Gasteiger charge is -2.29. The minimum atomic E-state index is -0.549. The Bertz CT molecular complexity index is 411. The molecule has 0 saturated carbocycles. The zero-order valence-electron chi connectivity index (χ0n) is 11.8. The number of likely N-dealkylation sites (N-methyl/N-ethyl adjacent to an activating group) is 1. The monoisotopic (exact) mass is 262 g/mol. The number of benzene rings is 1. The van der Waals surface area contributed by atoms with Crippen LogP contribution in [-0.4, -0.2) is 42.9 Å². The van der Waals surface area contributed by atoms with Crippen molar-refractivity contribution in [2.24, 2.45) is 0 Å². The topological polar surface area (TPSA) is 56.5 Å². The van der Waals surface area contributed by atoms with Crippen molar-refractivity contribution in [2.75, 3.05) is 26.8 Å². The predicted octanol–water partition coefficient (Wildman–Crippen LogP) is 1.95. The summed E-state index contributed by atoms with van der Waals surface area (Å²) >= 11 is 0. The van der Waals surface area contributed by atoms with Gasteiger partial charge in [-0.25, -0.2) is 0 Å². The van der Waals surface area contributed by atoms with Gasteiger partial charge in [0, 0.05) is 19.7 Å². The van der Waals surface area contributed by atoms with Gasteiger partial charge in [0.1, 0.15) is 0 Å². The van der Waals surface area contributed by atoms with Crippen LogP contribution in [0.2, 0.25) is 0 Å². The minimum absolute atomic E-state index is 0.267. The molecule has 1 aromatic carbocycles. The van der Waals surface area contributed by atoms with E-state index in [2.05, 4.69) is 24.8 Å². The van der Waals surface area contributed by atoms with Crippen molar-refractivity contribution in [3.8, 4) is 6.07 Å². The average molecular weight is 262 g/mol. The number of rotatable bonds is 7. The van der Waals surface area contributed by atoms with Gasteiger partial charge in [-0.2, -0.15) is 5.26 Å². The van der Waals surface area contributed by atoms with Gasteiger partial charge < -0.3 is 9.84 Å². The molecular formula is C15H22N2O2. The highest BCUT2D eigenvalue weighted by molar-refractivity contribution is 5.32. The summed E-state index contributed by atoms with van der Waals surface area (Å²) in [6.45, 7) is 6.22. The first kappa shape index (κ1) is 15.6. The first-order chi connectivity index (χ1) is 9.12. The lowest BCUT2D eigenvalue weighted by atomic mass is 10.1. The van der Waals surface area contributed by atoms with Crippen molar-refractivity contribution in [3.63, 3.8) is 0 Å². The third kappa shape index (κ3) is 4.64. The second-order valence-electron chi connectivity index (χ2n) is 4.64. The molecular weight excluding hydrogens is 240 g/mol. The van der Waals surface area contributed by atoms with E-state index in [4.69, 9.17) is 10.00 Å². The number of aliphatic hydroxyl groups excluding tert-OH is 1. The van der Waals surface area contributed by atoms with E-state index in [1.54, 1.807) is 31.4 Å². The maximum atomic E-state index is 10.2. The van der Waals surface area contributed by atoms with E-state index in [1.165, 1.54) is 0 Å². The molecule has 4 heteroatoms. The van der Waals surface area contributed by atoms with E-state index in [1.807, 2.05) is 0 Å². The minimum Gasteiger partial charge on any atom is -0.387 e. The second-order valence-corrected chi connectivity index (χ2v) is 4.64. The van der Waals surface area contributed by atoms with Gasteiger partial charge in [-0.05, 0) is 31.2 Å². The Morgan fingerprint density at radius 3 is 2.47 bits per heavy atom. The molecule has 1 N–H and O–H groups in total. The highest BCUT2D eigenvalue weighted by atomic mass is 16.5. The summed E-state index contributed by atoms with van der Waals surface area (Å²) in [5.74, 6) is 0. The molecule has 0 bridgehead atoms. The first-order valence-electron chi connectivity index (χ1n) is 6.53. The Hall–Kier alpha value is -1.41. The second kappa shape index (κ2) is 7.90. The Morgan fingerprint density at radius 2 is 2.00 bits per heavy atom. The first-order valence-corrected chi connectivity index (χ1v) is 6.53. The molecule has 0 spiro atoms. The SMILES string of the molecule is CCN(CC(O)c1ccc(C#N)cc1)C(C)COC. The van der Waals surface area contributed by atoms with Gasteiger partial charge in [-0.1, -0.05) is 19.1 Å². The van der Waals surface area contributed by atoms with Crippen molar-refractivity contribution in [2.45, 2.75) is 26.0 Å². The van der Waals surface area contributed by atoms with Gasteiger partial charge in [0.2, 0.25) is 0 Å². The third-order valence-corrected chi connectivity index (χ3v) is 3.27. The molecule has 2 atom stereocenters. The Balaban J connectivity index is 2.65. The number of nitrogens with zero attached hydrogens (tertiary/aromatic N) is 2. The molecule has 0 aliphatic heterocycles. The van der Waals surface area contributed by atoms with Crippen LogP contribution in [0, 0.1) is 11.3 Å². The standard InChI is InChI=1S/C15H22N2O2/c1-4-17(12(2)11-19-3)10-15(18)14-7-5-13(9-16)6-8-14/h5-8,12,15,18H,4,10-11H2,1-3H3. The van der Waals surface area contributed by atoms with E-state index in [9.17, 15) is 5.11 Å². The van der Waals surface area contributed by atoms with E-state index < -0.39 is 6.10 Å². The van der Waals surface area contributed by atoms with Crippen molar-refractivity contribution in [3.05, 3.63) is 35.4 Å². The highest BCUT2D eigenvalue weighted by Crippen LogP contribution is 2.16.